The number of nitrogens with one attached hydrogen (secondary N) is 1. The van der Waals surface area contributed by atoms with Crippen molar-refractivity contribution in [1.82, 2.24) is 9.71 Å². The van der Waals surface area contributed by atoms with Crippen LogP contribution in [0.2, 0.25) is 0 Å². The van der Waals surface area contributed by atoms with Crippen LogP contribution in [0.25, 0.3) is 0 Å². The lowest BCUT2D eigenvalue weighted by atomic mass is 10.2. The fraction of sp³-hybridized carbons (Fsp3) is 0.0769. The van der Waals surface area contributed by atoms with E-state index in [0.29, 0.717) is 0 Å². The molecule has 0 fully saturated rings. The fourth-order valence-electron chi connectivity index (χ4n) is 1.61. The Morgan fingerprint density at radius 1 is 1.33 bits per heavy atom. The summed E-state index contributed by atoms with van der Waals surface area (Å²) in [6.45, 7) is 0.100. The Balaban J connectivity index is 2.22. The summed E-state index contributed by atoms with van der Waals surface area (Å²) in [6.07, 6.45) is 3.16. The first kappa shape index (κ1) is 15.6. The van der Waals surface area contributed by atoms with Crippen molar-refractivity contribution in [2.75, 3.05) is 0 Å². The first-order valence-corrected chi connectivity index (χ1v) is 8.09. The Kier molecular flexibility index (Phi) is 4.71. The minimum Gasteiger partial charge on any atom is -0.478 e. The number of benzene rings is 1. The number of carbonyl (C=O) groups is 1. The van der Waals surface area contributed by atoms with Gasteiger partial charge in [-0.05, 0) is 45.8 Å². The number of hydrogen-bond donors (Lipinski definition) is 2. The minimum absolute atomic E-state index is 0.00749. The molecule has 2 aromatic rings. The molecule has 0 atom stereocenters. The third-order valence-corrected chi connectivity index (χ3v) is 5.04. The second-order valence-electron chi connectivity index (χ2n) is 4.14. The van der Waals surface area contributed by atoms with Gasteiger partial charge in [0.1, 0.15) is 0 Å². The summed E-state index contributed by atoms with van der Waals surface area (Å²) in [6, 6.07) is 7.20. The first-order valence-electron chi connectivity index (χ1n) is 5.81. The summed E-state index contributed by atoms with van der Waals surface area (Å²) in [5, 5.41) is 8.86. The van der Waals surface area contributed by atoms with E-state index in [0.717, 1.165) is 5.56 Å². The number of aromatic carboxylic acids is 1. The summed E-state index contributed by atoms with van der Waals surface area (Å²) in [4.78, 5) is 14.7. The van der Waals surface area contributed by atoms with Crippen molar-refractivity contribution in [1.29, 1.82) is 0 Å². The normalized spacial score (nSPS) is 11.3. The van der Waals surface area contributed by atoms with Crippen molar-refractivity contribution in [2.45, 2.75) is 11.4 Å². The van der Waals surface area contributed by atoms with Crippen LogP contribution in [0.15, 0.2) is 52.1 Å². The Labute approximate surface area is 130 Å². The van der Waals surface area contributed by atoms with Crippen LogP contribution in [0.4, 0.5) is 0 Å². The van der Waals surface area contributed by atoms with Gasteiger partial charge in [-0.3, -0.25) is 4.98 Å². The van der Waals surface area contributed by atoms with Crippen LogP contribution in [0.1, 0.15) is 15.9 Å². The van der Waals surface area contributed by atoms with E-state index in [2.05, 4.69) is 25.6 Å². The number of carboxylic acid groups (broad SMARTS) is 1. The highest BCUT2D eigenvalue weighted by atomic mass is 79.9. The van der Waals surface area contributed by atoms with E-state index in [1.807, 2.05) is 0 Å². The first-order chi connectivity index (χ1) is 9.90. The van der Waals surface area contributed by atoms with Crippen molar-refractivity contribution in [2.24, 2.45) is 0 Å². The summed E-state index contributed by atoms with van der Waals surface area (Å²) in [7, 11) is -3.75. The lowest BCUT2D eigenvalue weighted by molar-refractivity contribution is 0.0696. The van der Waals surface area contributed by atoms with Gasteiger partial charge in [0.2, 0.25) is 10.0 Å². The summed E-state index contributed by atoms with van der Waals surface area (Å²) in [5.74, 6) is -1.12. The number of pyridine rings is 1. The number of hydrogen-bond acceptors (Lipinski definition) is 4. The van der Waals surface area contributed by atoms with Gasteiger partial charge < -0.3 is 5.11 Å². The van der Waals surface area contributed by atoms with Crippen LogP contribution < -0.4 is 4.72 Å². The minimum atomic E-state index is -3.75. The van der Waals surface area contributed by atoms with E-state index >= 15 is 0 Å². The summed E-state index contributed by atoms with van der Waals surface area (Å²) in [5.41, 5.74) is 0.729. The maximum absolute atomic E-state index is 12.2. The zero-order chi connectivity index (χ0) is 15.5. The number of rotatable bonds is 5. The summed E-state index contributed by atoms with van der Waals surface area (Å²) < 4.78 is 27.0. The highest BCUT2D eigenvalue weighted by Crippen LogP contribution is 2.23. The lowest BCUT2D eigenvalue weighted by Gasteiger charge is -2.09. The number of sulfonamides is 1. The van der Waals surface area contributed by atoms with E-state index in [9.17, 15) is 13.2 Å². The standard InChI is InChI=1S/C13H11BrN2O4S/c14-11-6-10(13(17)18)3-4-12(11)21(19,20)16-8-9-2-1-5-15-7-9/h1-7,16H,8H2,(H,17,18). The molecule has 0 unspecified atom stereocenters. The van der Waals surface area contributed by atoms with E-state index in [1.54, 1.807) is 24.5 Å². The van der Waals surface area contributed by atoms with Gasteiger partial charge in [-0.15, -0.1) is 0 Å². The maximum Gasteiger partial charge on any atom is 0.335 e. The van der Waals surface area contributed by atoms with Gasteiger partial charge in [-0.25, -0.2) is 17.9 Å². The third kappa shape index (κ3) is 3.87. The molecule has 6 nitrogen and oxygen atoms in total. The van der Waals surface area contributed by atoms with Gasteiger partial charge in [0.05, 0.1) is 10.5 Å². The van der Waals surface area contributed by atoms with E-state index in [-0.39, 0.29) is 21.5 Å². The van der Waals surface area contributed by atoms with E-state index in [4.69, 9.17) is 5.11 Å². The predicted molar refractivity (Wildman–Crippen MR) is 79.4 cm³/mol. The molecule has 0 aliphatic heterocycles. The SMILES string of the molecule is O=C(O)c1ccc(S(=O)(=O)NCc2cccnc2)c(Br)c1. The molecule has 0 bridgehead atoms. The number of nitrogens with zero attached hydrogens (tertiary/aromatic N) is 1. The third-order valence-electron chi connectivity index (χ3n) is 2.66. The van der Waals surface area contributed by atoms with Crippen molar-refractivity contribution in [3.63, 3.8) is 0 Å². The average molecular weight is 371 g/mol. The molecule has 0 saturated carbocycles. The van der Waals surface area contributed by atoms with Gasteiger partial charge in [0.25, 0.3) is 0 Å². The van der Waals surface area contributed by atoms with Gasteiger partial charge in [0, 0.05) is 23.4 Å². The van der Waals surface area contributed by atoms with Crippen LogP contribution >= 0.6 is 15.9 Å². The van der Waals surface area contributed by atoms with Gasteiger partial charge in [-0.1, -0.05) is 6.07 Å². The molecule has 0 aliphatic rings. The second-order valence-corrected chi connectivity index (χ2v) is 6.73. The average Bonchev–Trinajstić information content (AvgIpc) is 2.46. The molecule has 2 N–H and O–H groups in total. The topological polar surface area (TPSA) is 96.4 Å². The Bertz CT molecular complexity index is 763. The fourth-order valence-corrected chi connectivity index (χ4v) is 3.70. The molecule has 21 heavy (non-hydrogen) atoms. The molecular weight excluding hydrogens is 360 g/mol. The van der Waals surface area contributed by atoms with Gasteiger partial charge in [-0.2, -0.15) is 0 Å². The molecule has 110 valence electrons. The molecule has 2 rings (SSSR count). The number of aromatic nitrogens is 1. The van der Waals surface area contributed by atoms with Crippen molar-refractivity contribution < 1.29 is 18.3 Å². The second kappa shape index (κ2) is 6.33. The van der Waals surface area contributed by atoms with Crippen LogP contribution in [0.3, 0.4) is 0 Å². The van der Waals surface area contributed by atoms with Crippen molar-refractivity contribution >= 4 is 31.9 Å². The van der Waals surface area contributed by atoms with E-state index < -0.39 is 16.0 Å². The highest BCUT2D eigenvalue weighted by Gasteiger charge is 2.18. The largest absolute Gasteiger partial charge is 0.478 e. The van der Waals surface area contributed by atoms with Gasteiger partial charge >= 0.3 is 5.97 Å². The Hall–Kier alpha value is -1.77. The lowest BCUT2D eigenvalue weighted by Crippen LogP contribution is -2.23. The smallest absolute Gasteiger partial charge is 0.335 e. The molecule has 1 aromatic carbocycles. The molecule has 1 heterocycles. The molecular formula is C13H11BrN2O4S. The van der Waals surface area contributed by atoms with Crippen molar-refractivity contribution in [3.05, 3.63) is 58.3 Å². The molecule has 0 radical (unpaired) electrons. The number of carboxylic acids is 1. The molecule has 8 heteroatoms. The molecule has 0 amide bonds. The number of halogens is 1. The summed E-state index contributed by atoms with van der Waals surface area (Å²) >= 11 is 3.08. The monoisotopic (exact) mass is 370 g/mol. The van der Waals surface area contributed by atoms with Crippen LogP contribution in [0.5, 0.6) is 0 Å². The molecule has 0 aliphatic carbocycles. The van der Waals surface area contributed by atoms with Crippen LogP contribution in [-0.2, 0) is 16.6 Å². The van der Waals surface area contributed by atoms with Crippen LogP contribution in [-0.4, -0.2) is 24.5 Å². The van der Waals surface area contributed by atoms with Crippen molar-refractivity contribution in [3.8, 4) is 0 Å². The molecule has 0 saturated heterocycles. The van der Waals surface area contributed by atoms with E-state index in [1.165, 1.54) is 18.2 Å². The van der Waals surface area contributed by atoms with Crippen LogP contribution in [0, 0.1) is 0 Å². The zero-order valence-electron chi connectivity index (χ0n) is 10.7. The Morgan fingerprint density at radius 3 is 2.67 bits per heavy atom. The quantitative estimate of drug-likeness (QED) is 0.838. The highest BCUT2D eigenvalue weighted by molar-refractivity contribution is 9.10. The predicted octanol–water partition coefficient (Wildman–Crippen LogP) is 2.02. The van der Waals surface area contributed by atoms with Gasteiger partial charge in [0.15, 0.2) is 0 Å². The molecule has 0 spiro atoms. The maximum atomic E-state index is 12.2. The zero-order valence-corrected chi connectivity index (χ0v) is 13.1. The Morgan fingerprint density at radius 2 is 2.10 bits per heavy atom. The molecule has 1 aromatic heterocycles.